The molecule has 1 aromatic rings. The van der Waals surface area contributed by atoms with Gasteiger partial charge in [0.05, 0.1) is 12.6 Å². The lowest BCUT2D eigenvalue weighted by Crippen LogP contribution is -2.47. The average molecular weight is 394 g/mol. The van der Waals surface area contributed by atoms with Crippen molar-refractivity contribution in [2.24, 2.45) is 4.99 Å². The first-order chi connectivity index (χ1) is 13.5. The number of piperidine rings is 1. The van der Waals surface area contributed by atoms with Gasteiger partial charge >= 0.3 is 0 Å². The SMILES string of the molecule is CCNC(=NCC(C)(C)c1cccc(F)c1)N1CCC(OCCCOC)CC1. The average Bonchev–Trinajstić information content (AvgIpc) is 2.69. The third kappa shape index (κ3) is 7.06. The van der Waals surface area contributed by atoms with Crippen LogP contribution in [-0.2, 0) is 14.9 Å². The Balaban J connectivity index is 1.92. The van der Waals surface area contributed by atoms with Gasteiger partial charge in [-0.15, -0.1) is 0 Å². The largest absolute Gasteiger partial charge is 0.385 e. The van der Waals surface area contributed by atoms with Crippen LogP contribution in [0.25, 0.3) is 0 Å². The smallest absolute Gasteiger partial charge is 0.193 e. The number of guanidine groups is 1. The maximum Gasteiger partial charge on any atom is 0.193 e. The Morgan fingerprint density at radius 1 is 1.29 bits per heavy atom. The molecule has 0 aromatic heterocycles. The molecule has 1 aliphatic rings. The Bertz CT molecular complexity index is 614. The topological polar surface area (TPSA) is 46.1 Å². The molecule has 1 heterocycles. The first-order valence-electron chi connectivity index (χ1n) is 10.4. The van der Waals surface area contributed by atoms with Crippen LogP contribution in [-0.4, -0.2) is 63.5 Å². The minimum Gasteiger partial charge on any atom is -0.385 e. The standard InChI is InChI=1S/C22H36FN3O2/c1-5-24-21(25-17-22(2,3)18-8-6-9-19(23)16-18)26-12-10-20(11-13-26)28-15-7-14-27-4/h6,8-9,16,20H,5,7,10-15,17H2,1-4H3,(H,24,25). The van der Waals surface area contributed by atoms with Gasteiger partial charge in [-0.3, -0.25) is 4.99 Å². The summed E-state index contributed by atoms with van der Waals surface area (Å²) in [4.78, 5) is 7.18. The minimum absolute atomic E-state index is 0.200. The van der Waals surface area contributed by atoms with Crippen molar-refractivity contribution in [3.63, 3.8) is 0 Å². The van der Waals surface area contributed by atoms with Crippen molar-refractivity contribution in [1.29, 1.82) is 0 Å². The molecule has 158 valence electrons. The number of hydrogen-bond donors (Lipinski definition) is 1. The highest BCUT2D eigenvalue weighted by Crippen LogP contribution is 2.24. The lowest BCUT2D eigenvalue weighted by atomic mass is 9.85. The number of benzene rings is 1. The normalized spacial score (nSPS) is 16.5. The molecule has 1 N–H and O–H groups in total. The van der Waals surface area contributed by atoms with E-state index in [9.17, 15) is 4.39 Å². The number of ether oxygens (including phenoxy) is 2. The Morgan fingerprint density at radius 3 is 2.68 bits per heavy atom. The van der Waals surface area contributed by atoms with Crippen LogP contribution in [0, 0.1) is 5.82 Å². The molecule has 0 saturated carbocycles. The fourth-order valence-electron chi connectivity index (χ4n) is 3.39. The van der Waals surface area contributed by atoms with Crippen molar-refractivity contribution in [3.05, 3.63) is 35.6 Å². The Kier molecular flexibility index (Phi) is 9.19. The quantitative estimate of drug-likeness (QED) is 0.396. The molecular weight excluding hydrogens is 357 g/mol. The summed E-state index contributed by atoms with van der Waals surface area (Å²) < 4.78 is 24.6. The molecule has 1 aromatic carbocycles. The van der Waals surface area contributed by atoms with Crippen molar-refractivity contribution in [2.45, 2.75) is 51.6 Å². The minimum atomic E-state index is -0.231. The number of aliphatic imine (C=N–C) groups is 1. The first kappa shape index (κ1) is 22.6. The molecule has 0 aliphatic carbocycles. The highest BCUT2D eigenvalue weighted by atomic mass is 19.1. The van der Waals surface area contributed by atoms with E-state index in [1.54, 1.807) is 19.2 Å². The fourth-order valence-corrected chi connectivity index (χ4v) is 3.39. The lowest BCUT2D eigenvalue weighted by molar-refractivity contribution is 0.00989. The molecule has 0 unspecified atom stereocenters. The van der Waals surface area contributed by atoms with E-state index in [2.05, 4.69) is 31.0 Å². The molecule has 0 spiro atoms. The van der Waals surface area contributed by atoms with Crippen molar-refractivity contribution in [3.8, 4) is 0 Å². The van der Waals surface area contributed by atoms with E-state index in [0.717, 1.165) is 63.6 Å². The van der Waals surface area contributed by atoms with Gasteiger partial charge in [-0.2, -0.15) is 0 Å². The van der Waals surface area contributed by atoms with Crippen LogP contribution in [0.2, 0.25) is 0 Å². The van der Waals surface area contributed by atoms with Crippen molar-refractivity contribution < 1.29 is 13.9 Å². The maximum absolute atomic E-state index is 13.6. The molecule has 2 rings (SSSR count). The first-order valence-corrected chi connectivity index (χ1v) is 10.4. The van der Waals surface area contributed by atoms with Crippen LogP contribution in [0.5, 0.6) is 0 Å². The number of nitrogens with one attached hydrogen (secondary N) is 1. The molecule has 5 nitrogen and oxygen atoms in total. The zero-order valence-corrected chi connectivity index (χ0v) is 17.8. The second-order valence-corrected chi connectivity index (χ2v) is 7.97. The van der Waals surface area contributed by atoms with Gasteiger partial charge in [-0.1, -0.05) is 26.0 Å². The van der Waals surface area contributed by atoms with E-state index in [1.807, 2.05) is 6.07 Å². The zero-order chi connectivity index (χ0) is 20.4. The number of halogens is 1. The molecular formula is C22H36FN3O2. The van der Waals surface area contributed by atoms with E-state index in [4.69, 9.17) is 14.5 Å². The summed E-state index contributed by atoms with van der Waals surface area (Å²) in [7, 11) is 1.72. The molecule has 28 heavy (non-hydrogen) atoms. The number of likely N-dealkylation sites (tertiary alicyclic amines) is 1. The van der Waals surface area contributed by atoms with Crippen LogP contribution in [0.15, 0.2) is 29.3 Å². The van der Waals surface area contributed by atoms with E-state index in [0.29, 0.717) is 12.6 Å². The van der Waals surface area contributed by atoms with Gasteiger partial charge in [-0.05, 0) is 43.9 Å². The van der Waals surface area contributed by atoms with Gasteiger partial charge in [0, 0.05) is 45.4 Å². The van der Waals surface area contributed by atoms with Crippen LogP contribution in [0.3, 0.4) is 0 Å². The summed E-state index contributed by atoms with van der Waals surface area (Å²) in [6.45, 7) is 11.1. The van der Waals surface area contributed by atoms with Gasteiger partial charge in [0.25, 0.3) is 0 Å². The summed E-state index contributed by atoms with van der Waals surface area (Å²) in [5, 5.41) is 3.41. The third-order valence-electron chi connectivity index (χ3n) is 5.15. The highest BCUT2D eigenvalue weighted by molar-refractivity contribution is 5.80. The predicted molar refractivity (Wildman–Crippen MR) is 112 cm³/mol. The van der Waals surface area contributed by atoms with Gasteiger partial charge in [-0.25, -0.2) is 4.39 Å². The predicted octanol–water partition coefficient (Wildman–Crippen LogP) is 3.59. The molecule has 1 aliphatic heterocycles. The number of hydrogen-bond acceptors (Lipinski definition) is 3. The number of nitrogens with zero attached hydrogens (tertiary/aromatic N) is 2. The van der Waals surface area contributed by atoms with E-state index in [1.165, 1.54) is 6.07 Å². The van der Waals surface area contributed by atoms with E-state index < -0.39 is 0 Å². The second-order valence-electron chi connectivity index (χ2n) is 7.97. The molecule has 0 amide bonds. The Hall–Kier alpha value is -1.66. The van der Waals surface area contributed by atoms with Gasteiger partial charge < -0.3 is 19.7 Å². The molecule has 0 atom stereocenters. The summed E-state index contributed by atoms with van der Waals surface area (Å²) in [6, 6.07) is 6.82. The van der Waals surface area contributed by atoms with Crippen LogP contribution in [0.4, 0.5) is 4.39 Å². The molecule has 6 heteroatoms. The molecule has 1 saturated heterocycles. The van der Waals surface area contributed by atoms with E-state index in [-0.39, 0.29) is 11.2 Å². The summed E-state index contributed by atoms with van der Waals surface area (Å²) in [5.74, 6) is 0.735. The second kappa shape index (κ2) is 11.4. The monoisotopic (exact) mass is 393 g/mol. The Labute approximate surface area is 169 Å². The van der Waals surface area contributed by atoms with Crippen molar-refractivity contribution in [2.75, 3.05) is 46.5 Å². The third-order valence-corrected chi connectivity index (χ3v) is 5.15. The lowest BCUT2D eigenvalue weighted by Gasteiger charge is -2.35. The van der Waals surface area contributed by atoms with E-state index >= 15 is 0 Å². The Morgan fingerprint density at radius 2 is 2.04 bits per heavy atom. The summed E-state index contributed by atoms with van der Waals surface area (Å²) in [5.41, 5.74) is 0.737. The van der Waals surface area contributed by atoms with Crippen LogP contribution < -0.4 is 5.32 Å². The molecule has 0 radical (unpaired) electrons. The van der Waals surface area contributed by atoms with Crippen LogP contribution in [0.1, 0.15) is 45.6 Å². The van der Waals surface area contributed by atoms with Gasteiger partial charge in [0.2, 0.25) is 0 Å². The summed E-state index contributed by atoms with van der Waals surface area (Å²) >= 11 is 0. The number of methoxy groups -OCH3 is 1. The molecule has 1 fully saturated rings. The summed E-state index contributed by atoms with van der Waals surface area (Å²) in [6.07, 6.45) is 3.27. The molecule has 0 bridgehead atoms. The maximum atomic E-state index is 13.6. The van der Waals surface area contributed by atoms with Gasteiger partial charge in [0.15, 0.2) is 5.96 Å². The number of rotatable bonds is 9. The fraction of sp³-hybridized carbons (Fsp3) is 0.682. The van der Waals surface area contributed by atoms with Crippen molar-refractivity contribution >= 4 is 5.96 Å². The zero-order valence-electron chi connectivity index (χ0n) is 17.8. The van der Waals surface area contributed by atoms with Crippen molar-refractivity contribution in [1.82, 2.24) is 10.2 Å². The highest BCUT2D eigenvalue weighted by Gasteiger charge is 2.24. The van der Waals surface area contributed by atoms with Crippen LogP contribution >= 0.6 is 0 Å². The van der Waals surface area contributed by atoms with Gasteiger partial charge in [0.1, 0.15) is 5.82 Å².